The van der Waals surface area contributed by atoms with E-state index >= 15 is 0 Å². The van der Waals surface area contributed by atoms with E-state index < -0.39 is 21.3 Å². The Morgan fingerprint density at radius 2 is 1.79 bits per heavy atom. The molecule has 0 atom stereocenters. The molecule has 0 aromatic heterocycles. The van der Waals surface area contributed by atoms with Crippen molar-refractivity contribution in [3.05, 3.63) is 0 Å². The number of hydrogen-bond donors (Lipinski definition) is 2. The highest BCUT2D eigenvalue weighted by Gasteiger charge is 2.35. The highest BCUT2D eigenvalue weighted by molar-refractivity contribution is 7.91. The number of hydrogen-bond acceptors (Lipinski definition) is 4. The van der Waals surface area contributed by atoms with Crippen molar-refractivity contribution < 1.29 is 18.3 Å². The van der Waals surface area contributed by atoms with Gasteiger partial charge >= 0.3 is 5.97 Å². The van der Waals surface area contributed by atoms with E-state index in [4.69, 9.17) is 10.8 Å². The highest BCUT2D eigenvalue weighted by atomic mass is 35.5. The molecule has 14 heavy (non-hydrogen) atoms. The van der Waals surface area contributed by atoms with Crippen LogP contribution in [-0.4, -0.2) is 36.5 Å². The molecule has 1 fully saturated rings. The van der Waals surface area contributed by atoms with Crippen LogP contribution in [0, 0.1) is 0 Å². The van der Waals surface area contributed by atoms with Gasteiger partial charge in [0.1, 0.15) is 9.84 Å². The van der Waals surface area contributed by atoms with Gasteiger partial charge in [-0.25, -0.2) is 8.42 Å². The SMILES string of the molecule is Cl.NC1(CC(=O)O)CCS(=O)(=O)CC1. The summed E-state index contributed by atoms with van der Waals surface area (Å²) in [6.45, 7) is 0. The van der Waals surface area contributed by atoms with Gasteiger partial charge in [-0.1, -0.05) is 0 Å². The Morgan fingerprint density at radius 3 is 2.14 bits per heavy atom. The summed E-state index contributed by atoms with van der Waals surface area (Å²) in [5.74, 6) is -0.949. The van der Waals surface area contributed by atoms with E-state index in [1.807, 2.05) is 0 Å². The van der Waals surface area contributed by atoms with E-state index in [-0.39, 0.29) is 43.2 Å². The predicted octanol–water partition coefficient (Wildman–Crippen LogP) is -0.211. The average molecular weight is 244 g/mol. The molecule has 0 spiro atoms. The molecule has 0 unspecified atom stereocenters. The van der Waals surface area contributed by atoms with Gasteiger partial charge in [0.25, 0.3) is 0 Å². The molecule has 84 valence electrons. The second kappa shape index (κ2) is 4.46. The molecule has 1 saturated heterocycles. The van der Waals surface area contributed by atoms with E-state index in [0.29, 0.717) is 0 Å². The summed E-state index contributed by atoms with van der Waals surface area (Å²) in [5.41, 5.74) is 4.91. The van der Waals surface area contributed by atoms with Crippen molar-refractivity contribution in [1.29, 1.82) is 0 Å². The maximum absolute atomic E-state index is 11.0. The second-order valence-corrected chi connectivity index (χ2v) is 5.89. The van der Waals surface area contributed by atoms with Gasteiger partial charge in [0.15, 0.2) is 0 Å². The van der Waals surface area contributed by atoms with Gasteiger partial charge in [-0.15, -0.1) is 12.4 Å². The second-order valence-electron chi connectivity index (χ2n) is 3.58. The molecular weight excluding hydrogens is 230 g/mol. The van der Waals surface area contributed by atoms with Crippen LogP contribution >= 0.6 is 12.4 Å². The van der Waals surface area contributed by atoms with Crippen molar-refractivity contribution in [3.8, 4) is 0 Å². The van der Waals surface area contributed by atoms with Crippen LogP contribution in [0.25, 0.3) is 0 Å². The van der Waals surface area contributed by atoms with Gasteiger partial charge in [-0.3, -0.25) is 4.79 Å². The molecule has 1 rings (SSSR count). The third-order valence-electron chi connectivity index (χ3n) is 2.33. The number of aliphatic carboxylic acids is 1. The number of carboxylic acids is 1. The maximum atomic E-state index is 11.0. The largest absolute Gasteiger partial charge is 0.481 e. The van der Waals surface area contributed by atoms with E-state index in [2.05, 4.69) is 0 Å². The summed E-state index contributed by atoms with van der Waals surface area (Å²) in [4.78, 5) is 10.4. The molecular formula is C7H14ClNO4S. The molecule has 0 aromatic carbocycles. The van der Waals surface area contributed by atoms with Crippen LogP contribution in [0.3, 0.4) is 0 Å². The zero-order valence-corrected chi connectivity index (χ0v) is 9.23. The fourth-order valence-electron chi connectivity index (χ4n) is 1.42. The Bertz CT molecular complexity index is 300. The fourth-order valence-corrected chi connectivity index (χ4v) is 3.06. The third kappa shape index (κ3) is 3.81. The highest BCUT2D eigenvalue weighted by Crippen LogP contribution is 2.24. The van der Waals surface area contributed by atoms with Gasteiger partial charge in [0, 0.05) is 5.54 Å². The first kappa shape index (κ1) is 13.7. The minimum atomic E-state index is -2.96. The van der Waals surface area contributed by atoms with Crippen molar-refractivity contribution >= 4 is 28.2 Å². The monoisotopic (exact) mass is 243 g/mol. The smallest absolute Gasteiger partial charge is 0.305 e. The molecule has 0 amide bonds. The quantitative estimate of drug-likeness (QED) is 0.699. The van der Waals surface area contributed by atoms with Crippen LogP contribution < -0.4 is 5.73 Å². The van der Waals surface area contributed by atoms with Crippen LogP contribution in [0.1, 0.15) is 19.3 Å². The molecule has 0 radical (unpaired) electrons. The fraction of sp³-hybridized carbons (Fsp3) is 0.857. The summed E-state index contributed by atoms with van der Waals surface area (Å²) in [6.07, 6.45) is 0.353. The van der Waals surface area contributed by atoms with Crippen LogP contribution in [0.5, 0.6) is 0 Å². The summed E-state index contributed by atoms with van der Waals surface area (Å²) < 4.78 is 22.0. The Balaban J connectivity index is 0.00000169. The maximum Gasteiger partial charge on any atom is 0.305 e. The zero-order chi connectivity index (χ0) is 10.1. The Labute approximate surface area is 89.0 Å². The average Bonchev–Trinajstić information content (AvgIpc) is 1.95. The van der Waals surface area contributed by atoms with Crippen molar-refractivity contribution in [2.75, 3.05) is 11.5 Å². The minimum Gasteiger partial charge on any atom is -0.481 e. The van der Waals surface area contributed by atoms with Gasteiger partial charge in [-0.05, 0) is 12.8 Å². The normalized spacial score (nSPS) is 23.5. The van der Waals surface area contributed by atoms with Gasteiger partial charge in [0.2, 0.25) is 0 Å². The molecule has 1 heterocycles. The van der Waals surface area contributed by atoms with E-state index in [1.165, 1.54) is 0 Å². The first-order valence-corrected chi connectivity index (χ1v) is 5.86. The Hall–Kier alpha value is -0.330. The molecule has 0 bridgehead atoms. The van der Waals surface area contributed by atoms with Crippen molar-refractivity contribution in [3.63, 3.8) is 0 Å². The Morgan fingerprint density at radius 1 is 1.36 bits per heavy atom. The third-order valence-corrected chi connectivity index (χ3v) is 3.98. The lowest BCUT2D eigenvalue weighted by Gasteiger charge is -2.31. The summed E-state index contributed by atoms with van der Waals surface area (Å²) in [5, 5.41) is 8.53. The number of rotatable bonds is 2. The van der Waals surface area contributed by atoms with Crippen molar-refractivity contribution in [2.45, 2.75) is 24.8 Å². The van der Waals surface area contributed by atoms with Crippen LogP contribution in [0.4, 0.5) is 0 Å². The molecule has 1 aliphatic rings. The molecule has 0 saturated carbocycles. The first-order chi connectivity index (χ1) is 5.83. The van der Waals surface area contributed by atoms with Gasteiger partial charge in [-0.2, -0.15) is 0 Å². The molecule has 0 aliphatic carbocycles. The first-order valence-electron chi connectivity index (χ1n) is 4.04. The predicted molar refractivity (Wildman–Crippen MR) is 54.3 cm³/mol. The van der Waals surface area contributed by atoms with Crippen LogP contribution in [0.15, 0.2) is 0 Å². The van der Waals surface area contributed by atoms with Crippen molar-refractivity contribution in [1.82, 2.24) is 0 Å². The lowest BCUT2D eigenvalue weighted by atomic mass is 9.90. The minimum absolute atomic E-state index is 0. The number of carbonyl (C=O) groups is 1. The zero-order valence-electron chi connectivity index (χ0n) is 7.60. The number of sulfone groups is 1. The topological polar surface area (TPSA) is 97.5 Å². The van der Waals surface area contributed by atoms with Gasteiger partial charge in [0.05, 0.1) is 17.9 Å². The molecule has 5 nitrogen and oxygen atoms in total. The lowest BCUT2D eigenvalue weighted by Crippen LogP contribution is -2.48. The number of carboxylic acid groups (broad SMARTS) is 1. The molecule has 0 aromatic rings. The summed E-state index contributed by atoms with van der Waals surface area (Å²) in [7, 11) is -2.96. The van der Waals surface area contributed by atoms with E-state index in [9.17, 15) is 13.2 Å². The van der Waals surface area contributed by atoms with Crippen molar-refractivity contribution in [2.24, 2.45) is 5.73 Å². The van der Waals surface area contributed by atoms with Crippen LogP contribution in [0.2, 0.25) is 0 Å². The summed E-state index contributed by atoms with van der Waals surface area (Å²) >= 11 is 0. The molecule has 1 aliphatic heterocycles. The van der Waals surface area contributed by atoms with Crippen LogP contribution in [-0.2, 0) is 14.6 Å². The Kier molecular flexibility index (Phi) is 4.35. The van der Waals surface area contributed by atoms with E-state index in [1.54, 1.807) is 0 Å². The molecule has 7 heteroatoms. The standard InChI is InChI=1S/C7H13NO4S.ClH/c8-7(5-6(9)10)1-3-13(11,12)4-2-7;/h1-5,8H2,(H,9,10);1H. The number of halogens is 1. The number of nitrogens with two attached hydrogens (primary N) is 1. The summed E-state index contributed by atoms with van der Waals surface area (Å²) in [6, 6.07) is 0. The van der Waals surface area contributed by atoms with Gasteiger partial charge < -0.3 is 10.8 Å². The molecule has 3 N–H and O–H groups in total. The van der Waals surface area contributed by atoms with E-state index in [0.717, 1.165) is 0 Å². The lowest BCUT2D eigenvalue weighted by molar-refractivity contribution is -0.138.